The third kappa shape index (κ3) is 4.51. The second-order valence-electron chi connectivity index (χ2n) is 8.94. The van der Waals surface area contributed by atoms with Crippen molar-refractivity contribution < 1.29 is 14.3 Å². The summed E-state index contributed by atoms with van der Waals surface area (Å²) in [7, 11) is 0. The molecule has 0 bridgehead atoms. The summed E-state index contributed by atoms with van der Waals surface area (Å²) in [5.74, 6) is 1.05. The summed E-state index contributed by atoms with van der Waals surface area (Å²) in [4.78, 5) is 28.5. The van der Waals surface area contributed by atoms with Crippen LogP contribution >= 0.6 is 11.8 Å². The number of esters is 1. The van der Waals surface area contributed by atoms with Gasteiger partial charge in [0.25, 0.3) is 5.91 Å². The molecule has 0 N–H and O–H groups in total. The molecule has 4 rings (SSSR count). The molecule has 2 fully saturated rings. The predicted molar refractivity (Wildman–Crippen MR) is 123 cm³/mol. The van der Waals surface area contributed by atoms with E-state index in [0.29, 0.717) is 23.8 Å². The Morgan fingerprint density at radius 1 is 1.07 bits per heavy atom. The van der Waals surface area contributed by atoms with Crippen molar-refractivity contribution in [1.82, 2.24) is 4.90 Å². The Morgan fingerprint density at radius 3 is 2.53 bits per heavy atom. The van der Waals surface area contributed by atoms with Gasteiger partial charge in [0.15, 0.2) is 0 Å². The van der Waals surface area contributed by atoms with Crippen LogP contribution in [0.25, 0.3) is 10.8 Å². The smallest absolute Gasteiger partial charge is 0.329 e. The van der Waals surface area contributed by atoms with E-state index >= 15 is 0 Å². The summed E-state index contributed by atoms with van der Waals surface area (Å²) in [5.41, 5.74) is 0.652. The molecule has 2 unspecified atom stereocenters. The van der Waals surface area contributed by atoms with Crippen molar-refractivity contribution in [3.8, 4) is 0 Å². The number of ether oxygens (including phenoxy) is 1. The monoisotopic (exact) mass is 425 g/mol. The lowest BCUT2D eigenvalue weighted by atomic mass is 9.88. The van der Waals surface area contributed by atoms with Gasteiger partial charge in [-0.25, -0.2) is 4.79 Å². The van der Waals surface area contributed by atoms with Gasteiger partial charge in [0.2, 0.25) is 0 Å². The van der Waals surface area contributed by atoms with E-state index < -0.39 is 6.04 Å². The SMILES string of the molecule is CC(C)COC(=O)C1CSC(C2CCCCC2)N1C(=O)c1ccc2ccccc2c1. The minimum absolute atomic E-state index is 0.0483. The van der Waals surface area contributed by atoms with Crippen LogP contribution in [0.4, 0.5) is 0 Å². The number of amides is 1. The van der Waals surface area contributed by atoms with Crippen LogP contribution in [0.2, 0.25) is 0 Å². The maximum Gasteiger partial charge on any atom is 0.329 e. The Bertz CT molecular complexity index is 906. The number of hydrogen-bond acceptors (Lipinski definition) is 4. The number of benzene rings is 2. The number of rotatable bonds is 5. The Balaban J connectivity index is 1.62. The molecule has 160 valence electrons. The Labute approximate surface area is 183 Å². The molecule has 0 aromatic heterocycles. The topological polar surface area (TPSA) is 46.6 Å². The molecular weight excluding hydrogens is 394 g/mol. The molecule has 1 amide bonds. The first-order chi connectivity index (χ1) is 14.5. The minimum Gasteiger partial charge on any atom is -0.464 e. The van der Waals surface area contributed by atoms with Gasteiger partial charge >= 0.3 is 5.97 Å². The highest BCUT2D eigenvalue weighted by molar-refractivity contribution is 8.00. The number of carbonyl (C=O) groups excluding carboxylic acids is 2. The Kier molecular flexibility index (Phi) is 6.67. The molecule has 5 heteroatoms. The van der Waals surface area contributed by atoms with Crippen LogP contribution in [0.5, 0.6) is 0 Å². The van der Waals surface area contributed by atoms with Gasteiger partial charge in [-0.1, -0.05) is 63.4 Å². The Morgan fingerprint density at radius 2 is 1.80 bits per heavy atom. The lowest BCUT2D eigenvalue weighted by Gasteiger charge is -2.35. The molecule has 30 heavy (non-hydrogen) atoms. The van der Waals surface area contributed by atoms with Crippen molar-refractivity contribution in [2.75, 3.05) is 12.4 Å². The lowest BCUT2D eigenvalue weighted by Crippen LogP contribution is -2.48. The standard InChI is InChI=1S/C25H31NO3S/c1-17(2)15-29-25(28)22-16-30-24(19-9-4-3-5-10-19)26(22)23(27)21-13-12-18-8-6-7-11-20(18)14-21/h6-8,11-14,17,19,22,24H,3-5,9-10,15-16H2,1-2H3. The fraction of sp³-hybridized carbons (Fsp3) is 0.520. The van der Waals surface area contributed by atoms with E-state index in [2.05, 4.69) is 0 Å². The third-order valence-electron chi connectivity index (χ3n) is 6.15. The molecule has 1 aliphatic carbocycles. The second kappa shape index (κ2) is 9.42. The zero-order valence-corrected chi connectivity index (χ0v) is 18.7. The van der Waals surface area contributed by atoms with Gasteiger partial charge in [0, 0.05) is 11.3 Å². The molecule has 0 spiro atoms. The van der Waals surface area contributed by atoms with E-state index in [0.717, 1.165) is 23.6 Å². The van der Waals surface area contributed by atoms with Crippen molar-refractivity contribution in [1.29, 1.82) is 0 Å². The molecule has 4 nitrogen and oxygen atoms in total. The van der Waals surface area contributed by atoms with E-state index in [1.54, 1.807) is 11.8 Å². The molecule has 2 aromatic rings. The number of hydrogen-bond donors (Lipinski definition) is 0. The molecule has 2 aliphatic rings. The van der Waals surface area contributed by atoms with Gasteiger partial charge in [-0.2, -0.15) is 0 Å². The van der Waals surface area contributed by atoms with Crippen LogP contribution < -0.4 is 0 Å². The summed E-state index contributed by atoms with van der Waals surface area (Å²) in [6.45, 7) is 4.45. The fourth-order valence-corrected chi connectivity index (χ4v) is 6.19. The zero-order chi connectivity index (χ0) is 21.1. The first kappa shape index (κ1) is 21.2. The number of carbonyl (C=O) groups is 2. The molecule has 0 radical (unpaired) electrons. The number of nitrogens with zero attached hydrogens (tertiary/aromatic N) is 1. The molecule has 1 heterocycles. The molecule has 2 atom stereocenters. The average molecular weight is 426 g/mol. The third-order valence-corrected chi connectivity index (χ3v) is 7.61. The number of fused-ring (bicyclic) bond motifs is 1. The molecule has 1 aliphatic heterocycles. The highest BCUT2D eigenvalue weighted by atomic mass is 32.2. The van der Waals surface area contributed by atoms with Crippen molar-refractivity contribution in [2.24, 2.45) is 11.8 Å². The maximum absolute atomic E-state index is 13.7. The van der Waals surface area contributed by atoms with Crippen molar-refractivity contribution >= 4 is 34.4 Å². The summed E-state index contributed by atoms with van der Waals surface area (Å²) >= 11 is 1.76. The first-order valence-electron chi connectivity index (χ1n) is 11.1. The molecule has 2 aromatic carbocycles. The summed E-state index contributed by atoms with van der Waals surface area (Å²) < 4.78 is 5.56. The van der Waals surface area contributed by atoms with Crippen LogP contribution in [0, 0.1) is 11.8 Å². The van der Waals surface area contributed by atoms with E-state index in [1.165, 1.54) is 19.3 Å². The van der Waals surface area contributed by atoms with E-state index in [-0.39, 0.29) is 23.2 Å². The lowest BCUT2D eigenvalue weighted by molar-refractivity contribution is -0.149. The first-order valence-corrected chi connectivity index (χ1v) is 12.2. The summed E-state index contributed by atoms with van der Waals surface area (Å²) in [5, 5.41) is 2.21. The highest BCUT2D eigenvalue weighted by Crippen LogP contribution is 2.41. The zero-order valence-electron chi connectivity index (χ0n) is 17.9. The van der Waals surface area contributed by atoms with Gasteiger partial charge in [-0.05, 0) is 47.6 Å². The van der Waals surface area contributed by atoms with Crippen molar-refractivity contribution in [2.45, 2.75) is 57.4 Å². The molecule has 1 saturated heterocycles. The normalized spacial score (nSPS) is 22.6. The maximum atomic E-state index is 13.7. The van der Waals surface area contributed by atoms with Crippen LogP contribution in [-0.2, 0) is 9.53 Å². The van der Waals surface area contributed by atoms with E-state index in [1.807, 2.05) is 61.2 Å². The van der Waals surface area contributed by atoms with Crippen LogP contribution in [-0.4, -0.2) is 40.6 Å². The van der Waals surface area contributed by atoms with E-state index in [9.17, 15) is 9.59 Å². The quantitative estimate of drug-likeness (QED) is 0.593. The van der Waals surface area contributed by atoms with Crippen LogP contribution in [0.3, 0.4) is 0 Å². The Hall–Kier alpha value is -2.01. The van der Waals surface area contributed by atoms with Gasteiger partial charge in [-0.3, -0.25) is 4.79 Å². The summed E-state index contributed by atoms with van der Waals surface area (Å²) in [6.07, 6.45) is 5.95. The molecular formula is C25H31NO3S. The van der Waals surface area contributed by atoms with Gasteiger partial charge in [0.1, 0.15) is 6.04 Å². The van der Waals surface area contributed by atoms with Crippen LogP contribution in [0.1, 0.15) is 56.3 Å². The predicted octanol–water partition coefficient (Wildman–Crippen LogP) is 5.50. The van der Waals surface area contributed by atoms with Crippen molar-refractivity contribution in [3.05, 3.63) is 48.0 Å². The fourth-order valence-electron chi connectivity index (χ4n) is 4.57. The van der Waals surface area contributed by atoms with Gasteiger partial charge < -0.3 is 9.64 Å². The van der Waals surface area contributed by atoms with Crippen molar-refractivity contribution in [3.63, 3.8) is 0 Å². The van der Waals surface area contributed by atoms with Gasteiger partial charge in [-0.15, -0.1) is 11.8 Å². The number of thioether (sulfide) groups is 1. The summed E-state index contributed by atoms with van der Waals surface area (Å²) in [6, 6.07) is 13.4. The largest absolute Gasteiger partial charge is 0.464 e. The molecule has 1 saturated carbocycles. The second-order valence-corrected chi connectivity index (χ2v) is 10.1. The highest BCUT2D eigenvalue weighted by Gasteiger charge is 2.45. The minimum atomic E-state index is -0.500. The van der Waals surface area contributed by atoms with Gasteiger partial charge in [0.05, 0.1) is 12.0 Å². The van der Waals surface area contributed by atoms with E-state index in [4.69, 9.17) is 4.74 Å². The van der Waals surface area contributed by atoms with Crippen LogP contribution in [0.15, 0.2) is 42.5 Å². The average Bonchev–Trinajstić information content (AvgIpc) is 3.22.